The first-order valence-electron chi connectivity index (χ1n) is 8.49. The maximum absolute atomic E-state index is 14.3. The molecule has 2 aromatic carbocycles. The molecule has 136 valence electrons. The van der Waals surface area contributed by atoms with Gasteiger partial charge in [-0.1, -0.05) is 42.5 Å². The SMILES string of the molecule is CC(C)(C)OC(=O)C1=C(O)c2cccc(F)c2CN1Cc1ccccc1. The van der Waals surface area contributed by atoms with Gasteiger partial charge in [0.05, 0.1) is 0 Å². The lowest BCUT2D eigenvalue weighted by molar-refractivity contribution is -0.152. The Morgan fingerprint density at radius 3 is 2.50 bits per heavy atom. The molecule has 0 unspecified atom stereocenters. The van der Waals surface area contributed by atoms with Gasteiger partial charge >= 0.3 is 5.97 Å². The number of aliphatic hydroxyl groups excluding tert-OH is 1. The molecule has 0 bridgehead atoms. The average Bonchev–Trinajstić information content (AvgIpc) is 2.55. The summed E-state index contributed by atoms with van der Waals surface area (Å²) in [5.74, 6) is -1.29. The lowest BCUT2D eigenvalue weighted by Crippen LogP contribution is -2.36. The summed E-state index contributed by atoms with van der Waals surface area (Å²) >= 11 is 0. The Balaban J connectivity index is 2.05. The predicted octanol–water partition coefficient (Wildman–Crippen LogP) is 4.41. The lowest BCUT2D eigenvalue weighted by Gasteiger charge is -2.33. The van der Waals surface area contributed by atoms with Gasteiger partial charge in [-0.2, -0.15) is 0 Å². The van der Waals surface area contributed by atoms with E-state index < -0.39 is 17.4 Å². The molecule has 1 heterocycles. The van der Waals surface area contributed by atoms with E-state index in [9.17, 15) is 14.3 Å². The lowest BCUT2D eigenvalue weighted by atomic mass is 9.98. The number of halogens is 1. The van der Waals surface area contributed by atoms with Crippen molar-refractivity contribution in [3.63, 3.8) is 0 Å². The van der Waals surface area contributed by atoms with Crippen LogP contribution in [-0.4, -0.2) is 21.6 Å². The van der Waals surface area contributed by atoms with Gasteiger partial charge in [0, 0.05) is 24.2 Å². The highest BCUT2D eigenvalue weighted by Crippen LogP contribution is 2.34. The van der Waals surface area contributed by atoms with Crippen LogP contribution in [0.15, 0.2) is 54.2 Å². The Hall–Kier alpha value is -2.82. The zero-order valence-corrected chi connectivity index (χ0v) is 15.1. The summed E-state index contributed by atoms with van der Waals surface area (Å²) in [5, 5.41) is 10.7. The van der Waals surface area contributed by atoms with Crippen molar-refractivity contribution in [2.45, 2.75) is 39.5 Å². The van der Waals surface area contributed by atoms with Crippen molar-refractivity contribution in [2.24, 2.45) is 0 Å². The highest BCUT2D eigenvalue weighted by Gasteiger charge is 2.33. The molecule has 0 fully saturated rings. The van der Waals surface area contributed by atoms with Crippen LogP contribution in [0.25, 0.3) is 5.76 Å². The molecule has 0 saturated carbocycles. The summed E-state index contributed by atoms with van der Waals surface area (Å²) in [6.07, 6.45) is 0. The molecule has 0 spiro atoms. The van der Waals surface area contributed by atoms with E-state index in [4.69, 9.17) is 4.74 Å². The van der Waals surface area contributed by atoms with Crippen molar-refractivity contribution in [3.8, 4) is 0 Å². The normalized spacial score (nSPS) is 14.2. The van der Waals surface area contributed by atoms with Crippen molar-refractivity contribution in [1.29, 1.82) is 0 Å². The molecular formula is C21H22FNO3. The molecule has 0 aromatic heterocycles. The summed E-state index contributed by atoms with van der Waals surface area (Å²) in [7, 11) is 0. The largest absolute Gasteiger partial charge is 0.505 e. The smallest absolute Gasteiger partial charge is 0.359 e. The van der Waals surface area contributed by atoms with Crippen LogP contribution in [0, 0.1) is 5.82 Å². The van der Waals surface area contributed by atoms with Gasteiger partial charge in [0.1, 0.15) is 11.4 Å². The minimum Gasteiger partial charge on any atom is -0.505 e. The number of fused-ring (bicyclic) bond motifs is 1. The van der Waals surface area contributed by atoms with E-state index in [0.717, 1.165) is 5.56 Å². The van der Waals surface area contributed by atoms with Crippen LogP contribution in [0.2, 0.25) is 0 Å². The van der Waals surface area contributed by atoms with Crippen molar-refractivity contribution in [1.82, 2.24) is 4.90 Å². The summed E-state index contributed by atoms with van der Waals surface area (Å²) in [6, 6.07) is 14.0. The Kier molecular flexibility index (Phi) is 4.72. The van der Waals surface area contributed by atoms with Crippen LogP contribution in [0.5, 0.6) is 0 Å². The molecule has 1 aliphatic rings. The van der Waals surface area contributed by atoms with Gasteiger partial charge in [0.2, 0.25) is 0 Å². The minimum atomic E-state index is -0.703. The Morgan fingerprint density at radius 2 is 1.85 bits per heavy atom. The number of esters is 1. The molecule has 0 amide bonds. The van der Waals surface area contributed by atoms with Crippen LogP contribution in [0.3, 0.4) is 0 Å². The molecule has 5 heteroatoms. The number of carbonyl (C=O) groups excluding carboxylic acids is 1. The topological polar surface area (TPSA) is 49.8 Å². The Labute approximate surface area is 152 Å². The van der Waals surface area contributed by atoms with Gasteiger partial charge < -0.3 is 14.7 Å². The second-order valence-electron chi connectivity index (χ2n) is 7.31. The molecule has 2 aromatic rings. The van der Waals surface area contributed by atoms with Gasteiger partial charge in [-0.25, -0.2) is 9.18 Å². The van der Waals surface area contributed by atoms with Crippen LogP contribution in [0.4, 0.5) is 4.39 Å². The molecular weight excluding hydrogens is 333 g/mol. The second-order valence-corrected chi connectivity index (χ2v) is 7.31. The summed E-state index contributed by atoms with van der Waals surface area (Å²) in [5.41, 5.74) is 0.997. The standard InChI is InChI=1S/C21H22FNO3/c1-21(2,3)26-20(25)18-19(24)15-10-7-11-17(22)16(15)13-23(18)12-14-8-5-4-6-9-14/h4-11,24H,12-13H2,1-3H3. The molecule has 4 nitrogen and oxygen atoms in total. The van der Waals surface area contributed by atoms with E-state index in [-0.39, 0.29) is 18.0 Å². The minimum absolute atomic E-state index is 0.0573. The van der Waals surface area contributed by atoms with E-state index in [1.807, 2.05) is 30.3 Å². The van der Waals surface area contributed by atoms with E-state index in [0.29, 0.717) is 17.7 Å². The molecule has 3 rings (SSSR count). The number of benzene rings is 2. The number of ether oxygens (including phenoxy) is 1. The van der Waals surface area contributed by atoms with Gasteiger partial charge in [-0.05, 0) is 32.4 Å². The third-order valence-electron chi connectivity index (χ3n) is 4.07. The fourth-order valence-electron chi connectivity index (χ4n) is 2.98. The van der Waals surface area contributed by atoms with Crippen molar-refractivity contribution in [3.05, 3.63) is 76.7 Å². The van der Waals surface area contributed by atoms with Gasteiger partial charge in [0.25, 0.3) is 0 Å². The number of hydrogen-bond donors (Lipinski definition) is 1. The molecule has 26 heavy (non-hydrogen) atoms. The highest BCUT2D eigenvalue weighted by atomic mass is 19.1. The molecule has 0 atom stereocenters. The van der Waals surface area contributed by atoms with E-state index in [1.165, 1.54) is 12.1 Å². The predicted molar refractivity (Wildman–Crippen MR) is 97.5 cm³/mol. The fraction of sp³-hybridized carbons (Fsp3) is 0.286. The maximum atomic E-state index is 14.3. The zero-order chi connectivity index (χ0) is 18.9. The fourth-order valence-corrected chi connectivity index (χ4v) is 2.98. The van der Waals surface area contributed by atoms with E-state index in [1.54, 1.807) is 31.7 Å². The van der Waals surface area contributed by atoms with Gasteiger partial charge in [0.15, 0.2) is 11.5 Å². The third-order valence-corrected chi connectivity index (χ3v) is 4.07. The summed E-state index contributed by atoms with van der Waals surface area (Å²) in [6.45, 7) is 5.82. The van der Waals surface area contributed by atoms with Crippen molar-refractivity contribution >= 4 is 11.7 Å². The first-order valence-corrected chi connectivity index (χ1v) is 8.49. The Bertz CT molecular complexity index is 853. The second kappa shape index (κ2) is 6.83. The van der Waals surface area contributed by atoms with Crippen LogP contribution < -0.4 is 0 Å². The third kappa shape index (κ3) is 3.72. The quantitative estimate of drug-likeness (QED) is 0.829. The number of hydrogen-bond acceptors (Lipinski definition) is 4. The number of carbonyl (C=O) groups is 1. The molecule has 0 radical (unpaired) electrons. The molecule has 0 saturated heterocycles. The highest BCUT2D eigenvalue weighted by molar-refractivity contribution is 5.96. The van der Waals surface area contributed by atoms with E-state index in [2.05, 4.69) is 0 Å². The monoisotopic (exact) mass is 355 g/mol. The van der Waals surface area contributed by atoms with Gasteiger partial charge in [-0.15, -0.1) is 0 Å². The molecule has 1 N–H and O–H groups in total. The Morgan fingerprint density at radius 1 is 1.15 bits per heavy atom. The van der Waals surface area contributed by atoms with Crippen molar-refractivity contribution in [2.75, 3.05) is 0 Å². The molecule has 1 aliphatic heterocycles. The van der Waals surface area contributed by atoms with Crippen LogP contribution in [-0.2, 0) is 22.6 Å². The zero-order valence-electron chi connectivity index (χ0n) is 15.1. The van der Waals surface area contributed by atoms with Crippen molar-refractivity contribution < 1.29 is 19.0 Å². The van der Waals surface area contributed by atoms with Crippen LogP contribution in [0.1, 0.15) is 37.5 Å². The molecule has 0 aliphatic carbocycles. The maximum Gasteiger partial charge on any atom is 0.359 e. The first-order chi connectivity index (χ1) is 12.3. The van der Waals surface area contributed by atoms with Gasteiger partial charge in [-0.3, -0.25) is 0 Å². The van der Waals surface area contributed by atoms with E-state index >= 15 is 0 Å². The first kappa shape index (κ1) is 18.0. The number of nitrogens with zero attached hydrogens (tertiary/aromatic N) is 1. The summed E-state index contributed by atoms with van der Waals surface area (Å²) < 4.78 is 19.7. The summed E-state index contributed by atoms with van der Waals surface area (Å²) in [4.78, 5) is 14.4. The number of rotatable bonds is 3. The average molecular weight is 355 g/mol. The number of aliphatic hydroxyl groups is 1. The van der Waals surface area contributed by atoms with Crippen LogP contribution >= 0.6 is 0 Å².